The lowest BCUT2D eigenvalue weighted by Crippen LogP contribution is -2.17. The highest BCUT2D eigenvalue weighted by atomic mass is 35.5. The molecule has 7 nitrogen and oxygen atoms in total. The van der Waals surface area contributed by atoms with Gasteiger partial charge in [0.25, 0.3) is 5.91 Å². The number of carbonyl (C=O) groups is 1. The van der Waals surface area contributed by atoms with Crippen molar-refractivity contribution in [2.24, 2.45) is 5.10 Å². The van der Waals surface area contributed by atoms with Gasteiger partial charge in [-0.1, -0.05) is 22.9 Å². The minimum Gasteiger partial charge on any atom is -0.267 e. The van der Waals surface area contributed by atoms with Gasteiger partial charge in [0.2, 0.25) is 0 Å². The average Bonchev–Trinajstić information content (AvgIpc) is 3.04. The lowest BCUT2D eigenvalue weighted by Gasteiger charge is -1.99. The molecule has 23 heavy (non-hydrogen) atoms. The van der Waals surface area contributed by atoms with E-state index < -0.39 is 0 Å². The van der Waals surface area contributed by atoms with E-state index in [1.54, 1.807) is 35.1 Å². The summed E-state index contributed by atoms with van der Waals surface area (Å²) in [7, 11) is 0. The Hall–Kier alpha value is -3.06. The molecule has 2 heterocycles. The van der Waals surface area contributed by atoms with E-state index in [1.807, 2.05) is 12.1 Å². The third-order valence-electron chi connectivity index (χ3n) is 2.89. The summed E-state index contributed by atoms with van der Waals surface area (Å²) in [6, 6.07) is 10.4. The Bertz CT molecular complexity index is 846. The zero-order valence-electron chi connectivity index (χ0n) is 11.8. The molecule has 0 spiro atoms. The average molecular weight is 327 g/mol. The maximum atomic E-state index is 11.8. The van der Waals surface area contributed by atoms with E-state index in [0.717, 1.165) is 5.69 Å². The highest BCUT2D eigenvalue weighted by Gasteiger charge is 2.04. The highest BCUT2D eigenvalue weighted by molar-refractivity contribution is 6.30. The number of pyridine rings is 1. The molecule has 114 valence electrons. The molecule has 0 aliphatic heterocycles. The summed E-state index contributed by atoms with van der Waals surface area (Å²) in [6.45, 7) is 0. The monoisotopic (exact) mass is 326 g/mol. The van der Waals surface area contributed by atoms with Crippen molar-refractivity contribution < 1.29 is 4.79 Å². The molecule has 2 aromatic heterocycles. The Kier molecular flexibility index (Phi) is 4.39. The van der Waals surface area contributed by atoms with Crippen LogP contribution in [0.15, 0.2) is 60.1 Å². The zero-order valence-corrected chi connectivity index (χ0v) is 12.6. The molecule has 1 N–H and O–H groups in total. The fourth-order valence-corrected chi connectivity index (χ4v) is 1.99. The summed E-state index contributed by atoms with van der Waals surface area (Å²) in [5.74, 6) is -0.328. The number of carbonyl (C=O) groups excluding carboxylic acids is 1. The molecule has 3 aromatic rings. The summed E-state index contributed by atoms with van der Waals surface area (Å²) in [5.41, 5.74) is 4.16. The van der Waals surface area contributed by atoms with E-state index in [2.05, 4.69) is 25.8 Å². The highest BCUT2D eigenvalue weighted by Crippen LogP contribution is 2.13. The Balaban J connectivity index is 1.66. The van der Waals surface area contributed by atoms with Crippen molar-refractivity contribution in [2.75, 3.05) is 0 Å². The number of rotatable bonds is 4. The number of aromatic nitrogens is 4. The van der Waals surface area contributed by atoms with Crippen LogP contribution in [0.1, 0.15) is 16.1 Å². The van der Waals surface area contributed by atoms with Gasteiger partial charge < -0.3 is 0 Å². The maximum Gasteiger partial charge on any atom is 0.271 e. The first-order chi connectivity index (χ1) is 11.2. The first-order valence-electron chi connectivity index (χ1n) is 6.64. The number of hydrazone groups is 1. The van der Waals surface area contributed by atoms with Gasteiger partial charge in [0, 0.05) is 23.0 Å². The number of nitrogens with zero attached hydrogens (tertiary/aromatic N) is 5. The van der Waals surface area contributed by atoms with Crippen LogP contribution in [-0.4, -0.2) is 32.1 Å². The molecule has 0 aliphatic rings. The van der Waals surface area contributed by atoms with Crippen LogP contribution in [0.2, 0.25) is 5.02 Å². The van der Waals surface area contributed by atoms with Crippen molar-refractivity contribution in [2.45, 2.75) is 0 Å². The van der Waals surface area contributed by atoms with E-state index in [1.165, 1.54) is 18.6 Å². The van der Waals surface area contributed by atoms with E-state index in [9.17, 15) is 4.79 Å². The van der Waals surface area contributed by atoms with Crippen LogP contribution in [0.3, 0.4) is 0 Å². The van der Waals surface area contributed by atoms with E-state index in [4.69, 9.17) is 11.6 Å². The summed E-state index contributed by atoms with van der Waals surface area (Å²) in [4.78, 5) is 15.6. The van der Waals surface area contributed by atoms with Crippen LogP contribution in [-0.2, 0) is 0 Å². The van der Waals surface area contributed by atoms with Crippen LogP contribution < -0.4 is 5.43 Å². The van der Waals surface area contributed by atoms with Gasteiger partial charge in [-0.25, -0.2) is 10.1 Å². The van der Waals surface area contributed by atoms with Crippen molar-refractivity contribution in [1.29, 1.82) is 0 Å². The predicted octanol–water partition coefficient (Wildman–Crippen LogP) is 2.08. The van der Waals surface area contributed by atoms with Gasteiger partial charge in [0.15, 0.2) is 0 Å². The number of benzene rings is 1. The minimum absolute atomic E-state index is 0.328. The number of halogens is 1. The Morgan fingerprint density at radius 2 is 2.09 bits per heavy atom. The molecule has 8 heteroatoms. The third kappa shape index (κ3) is 3.78. The molecule has 0 bridgehead atoms. The largest absolute Gasteiger partial charge is 0.271 e. The fraction of sp³-hybridized carbons (Fsp3) is 0. The van der Waals surface area contributed by atoms with Crippen molar-refractivity contribution >= 4 is 23.7 Å². The van der Waals surface area contributed by atoms with Gasteiger partial charge in [-0.05, 0) is 30.3 Å². The second-order valence-electron chi connectivity index (χ2n) is 4.50. The van der Waals surface area contributed by atoms with Crippen molar-refractivity contribution in [3.63, 3.8) is 0 Å². The number of amides is 1. The molecule has 1 amide bonds. The lowest BCUT2D eigenvalue weighted by molar-refractivity contribution is 0.0955. The molecule has 0 atom stereocenters. The number of nitrogens with one attached hydrogen (secondary N) is 1. The summed E-state index contributed by atoms with van der Waals surface area (Å²) >= 11 is 5.94. The zero-order chi connectivity index (χ0) is 16.1. The first-order valence-corrected chi connectivity index (χ1v) is 7.02. The predicted molar refractivity (Wildman–Crippen MR) is 85.7 cm³/mol. The molecule has 0 radical (unpaired) electrons. The molecule has 0 saturated heterocycles. The molecule has 1 aromatic carbocycles. The SMILES string of the molecule is O=C(N/N=C/c1cn(-c2cccc(Cl)c2)nn1)c1ccncc1. The molecular weight excluding hydrogens is 316 g/mol. The smallest absolute Gasteiger partial charge is 0.267 e. The Morgan fingerprint density at radius 1 is 1.26 bits per heavy atom. The minimum atomic E-state index is -0.328. The molecule has 0 fully saturated rings. The van der Waals surface area contributed by atoms with E-state index in [0.29, 0.717) is 16.3 Å². The van der Waals surface area contributed by atoms with Gasteiger partial charge in [-0.15, -0.1) is 5.10 Å². The Labute approximate surface area is 136 Å². The second-order valence-corrected chi connectivity index (χ2v) is 4.94. The lowest BCUT2D eigenvalue weighted by atomic mass is 10.3. The van der Waals surface area contributed by atoms with Gasteiger partial charge in [-0.3, -0.25) is 9.78 Å². The summed E-state index contributed by atoms with van der Waals surface area (Å²) in [6.07, 6.45) is 6.16. The van der Waals surface area contributed by atoms with Gasteiger partial charge in [-0.2, -0.15) is 5.10 Å². The normalized spacial score (nSPS) is 10.8. The summed E-state index contributed by atoms with van der Waals surface area (Å²) in [5, 5.41) is 12.4. The fourth-order valence-electron chi connectivity index (χ4n) is 1.81. The van der Waals surface area contributed by atoms with Crippen LogP contribution in [0.4, 0.5) is 0 Å². The standard InChI is InChI=1S/C15H11ClN6O/c16-12-2-1-3-14(8-12)22-10-13(19-21-22)9-18-20-15(23)11-4-6-17-7-5-11/h1-10H,(H,20,23)/b18-9+. The van der Waals surface area contributed by atoms with E-state index in [-0.39, 0.29) is 5.91 Å². The molecule has 0 saturated carbocycles. The molecule has 0 aliphatic carbocycles. The third-order valence-corrected chi connectivity index (χ3v) is 3.12. The quantitative estimate of drug-likeness (QED) is 0.587. The van der Waals surface area contributed by atoms with Gasteiger partial charge in [0.05, 0.1) is 18.1 Å². The number of hydrogen-bond donors (Lipinski definition) is 1. The van der Waals surface area contributed by atoms with Crippen LogP contribution in [0.5, 0.6) is 0 Å². The topological polar surface area (TPSA) is 85.1 Å². The summed E-state index contributed by atoms with van der Waals surface area (Å²) < 4.78 is 1.57. The van der Waals surface area contributed by atoms with Crippen LogP contribution in [0.25, 0.3) is 5.69 Å². The molecular formula is C15H11ClN6O. The van der Waals surface area contributed by atoms with Crippen molar-refractivity contribution in [3.05, 3.63) is 71.3 Å². The molecule has 3 rings (SSSR count). The van der Waals surface area contributed by atoms with E-state index >= 15 is 0 Å². The maximum absolute atomic E-state index is 11.8. The first kappa shape index (κ1) is 14.9. The van der Waals surface area contributed by atoms with Gasteiger partial charge >= 0.3 is 0 Å². The Morgan fingerprint density at radius 3 is 2.87 bits per heavy atom. The second kappa shape index (κ2) is 6.80. The van der Waals surface area contributed by atoms with Crippen molar-refractivity contribution in [1.82, 2.24) is 25.4 Å². The van der Waals surface area contributed by atoms with Crippen molar-refractivity contribution in [3.8, 4) is 5.69 Å². The molecule has 0 unspecified atom stereocenters. The van der Waals surface area contributed by atoms with Crippen LogP contribution >= 0.6 is 11.6 Å². The van der Waals surface area contributed by atoms with Gasteiger partial charge in [0.1, 0.15) is 5.69 Å². The van der Waals surface area contributed by atoms with Crippen LogP contribution in [0, 0.1) is 0 Å². The number of hydrogen-bond acceptors (Lipinski definition) is 5.